The molecule has 3 N–H and O–H groups in total. The van der Waals surface area contributed by atoms with Crippen LogP contribution in [0.25, 0.3) is 0 Å². The summed E-state index contributed by atoms with van der Waals surface area (Å²) in [5.74, 6) is -0.767. The zero-order chi connectivity index (χ0) is 29.4. The van der Waals surface area contributed by atoms with Gasteiger partial charge in [0, 0.05) is 37.5 Å². The van der Waals surface area contributed by atoms with E-state index in [-0.39, 0.29) is 36.0 Å². The summed E-state index contributed by atoms with van der Waals surface area (Å²) in [5, 5.41) is 24.9. The second-order valence-electron chi connectivity index (χ2n) is 9.64. The van der Waals surface area contributed by atoms with Crippen molar-refractivity contribution in [3.63, 3.8) is 0 Å². The summed E-state index contributed by atoms with van der Waals surface area (Å²) in [6, 6.07) is 13.5. The van der Waals surface area contributed by atoms with Crippen LogP contribution in [0.5, 0.6) is 0 Å². The molecule has 0 aliphatic heterocycles. The third kappa shape index (κ3) is 8.18. The molecule has 0 bridgehead atoms. The Hall–Kier alpha value is -4.14. The van der Waals surface area contributed by atoms with E-state index < -0.39 is 50.8 Å². The number of nitrogens with one attached hydrogen (secondary N) is 2. The van der Waals surface area contributed by atoms with Crippen molar-refractivity contribution in [2.75, 3.05) is 13.1 Å². The number of aromatic amines is 1. The number of nitro groups is 1. The van der Waals surface area contributed by atoms with Crippen LogP contribution in [0.3, 0.4) is 0 Å². The van der Waals surface area contributed by atoms with Crippen LogP contribution in [0.1, 0.15) is 19.4 Å². The number of nitrogens with zero attached hydrogens (tertiary/aromatic N) is 3. The van der Waals surface area contributed by atoms with Gasteiger partial charge < -0.3 is 10.4 Å². The molecule has 0 saturated carbocycles. The fourth-order valence-electron chi connectivity index (χ4n) is 4.03. The van der Waals surface area contributed by atoms with Crippen LogP contribution in [0.15, 0.2) is 81.3 Å². The maximum atomic E-state index is 13.5. The number of H-pyrrole nitrogens is 1. The highest BCUT2D eigenvalue weighted by Crippen LogP contribution is 2.22. The average Bonchev–Trinajstić information content (AvgIpc) is 2.90. The molecule has 0 aliphatic carbocycles. The molecule has 0 saturated heterocycles. The minimum Gasteiger partial charge on any atom is -0.390 e. The first-order valence-electron chi connectivity index (χ1n) is 12.4. The normalized spacial score (nSPS) is 13.2. The van der Waals surface area contributed by atoms with Crippen molar-refractivity contribution < 1.29 is 23.2 Å². The summed E-state index contributed by atoms with van der Waals surface area (Å²) in [5.41, 5.74) is -0.887. The van der Waals surface area contributed by atoms with Crippen LogP contribution in [0.2, 0.25) is 0 Å². The number of aliphatic hydroxyl groups is 1. The Kier molecular flexibility index (Phi) is 10.1. The molecule has 3 aromatic rings. The smallest absolute Gasteiger partial charge is 0.328 e. The van der Waals surface area contributed by atoms with Gasteiger partial charge in [0.25, 0.3) is 11.2 Å². The molecule has 0 fully saturated rings. The number of carbonyl (C=O) groups is 1. The fraction of sp³-hybridized carbons (Fsp3) is 0.346. The van der Waals surface area contributed by atoms with E-state index in [1.807, 2.05) is 0 Å². The van der Waals surface area contributed by atoms with Gasteiger partial charge in [-0.05, 0) is 30.0 Å². The third-order valence-electron chi connectivity index (χ3n) is 5.96. The monoisotopic (exact) mass is 573 g/mol. The lowest BCUT2D eigenvalue weighted by atomic mass is 10.0. The number of aromatic nitrogens is 2. The first kappa shape index (κ1) is 30.4. The zero-order valence-corrected chi connectivity index (χ0v) is 22.8. The Morgan fingerprint density at radius 3 is 2.30 bits per heavy atom. The summed E-state index contributed by atoms with van der Waals surface area (Å²) in [4.78, 5) is 48.4. The number of sulfonamides is 1. The van der Waals surface area contributed by atoms with E-state index in [2.05, 4.69) is 10.3 Å². The molecule has 0 aliphatic rings. The SMILES string of the molecule is CC(C)CN(C[C@@H](O)[C@H](Cc1ccccc1)NC(=O)Cn1ccc(=O)[nH]c1=O)S(=O)(=O)c1ccc([N+](=O)[O-])cc1. The topological polar surface area (TPSA) is 185 Å². The van der Waals surface area contributed by atoms with E-state index in [0.717, 1.165) is 44.8 Å². The fourth-order valence-corrected chi connectivity index (χ4v) is 5.65. The maximum Gasteiger partial charge on any atom is 0.328 e. The zero-order valence-electron chi connectivity index (χ0n) is 22.0. The molecule has 13 nitrogen and oxygen atoms in total. The number of carbonyl (C=O) groups excluding carboxylic acids is 1. The Labute approximate surface area is 230 Å². The molecule has 2 atom stereocenters. The molecule has 1 heterocycles. The minimum absolute atomic E-state index is 0.0369. The predicted molar refractivity (Wildman–Crippen MR) is 146 cm³/mol. The van der Waals surface area contributed by atoms with Crippen molar-refractivity contribution in [2.24, 2.45) is 5.92 Å². The molecule has 14 heteroatoms. The number of amides is 1. The molecule has 1 aromatic heterocycles. The average molecular weight is 574 g/mol. The number of aliphatic hydroxyl groups excluding tert-OH is 1. The first-order valence-corrected chi connectivity index (χ1v) is 13.9. The summed E-state index contributed by atoms with van der Waals surface area (Å²) >= 11 is 0. The Morgan fingerprint density at radius 1 is 1.07 bits per heavy atom. The lowest BCUT2D eigenvalue weighted by Gasteiger charge is -2.30. The van der Waals surface area contributed by atoms with Gasteiger partial charge in [-0.3, -0.25) is 29.3 Å². The second kappa shape index (κ2) is 13.3. The number of hydrogen-bond acceptors (Lipinski definition) is 8. The van der Waals surface area contributed by atoms with Crippen LogP contribution < -0.4 is 16.6 Å². The molecule has 214 valence electrons. The van der Waals surface area contributed by atoms with Gasteiger partial charge in [0.2, 0.25) is 15.9 Å². The van der Waals surface area contributed by atoms with Gasteiger partial charge >= 0.3 is 5.69 Å². The third-order valence-corrected chi connectivity index (χ3v) is 7.81. The number of non-ortho nitro benzene ring substituents is 1. The molecule has 1 amide bonds. The van der Waals surface area contributed by atoms with Crippen molar-refractivity contribution in [2.45, 2.75) is 43.9 Å². The van der Waals surface area contributed by atoms with Crippen molar-refractivity contribution >= 4 is 21.6 Å². The van der Waals surface area contributed by atoms with Crippen molar-refractivity contribution in [3.8, 4) is 0 Å². The van der Waals surface area contributed by atoms with Gasteiger partial charge in [-0.1, -0.05) is 44.2 Å². The van der Waals surface area contributed by atoms with Gasteiger partial charge in [0.15, 0.2) is 0 Å². The second-order valence-corrected chi connectivity index (χ2v) is 11.6. The molecule has 0 spiro atoms. The highest BCUT2D eigenvalue weighted by molar-refractivity contribution is 7.89. The minimum atomic E-state index is -4.17. The molecule has 0 radical (unpaired) electrons. The van der Waals surface area contributed by atoms with Crippen LogP contribution in [-0.2, 0) is 27.8 Å². The summed E-state index contributed by atoms with van der Waals surface area (Å²) in [7, 11) is -4.17. The van der Waals surface area contributed by atoms with E-state index in [9.17, 15) is 38.0 Å². The number of nitro benzene ring substituents is 1. The first-order chi connectivity index (χ1) is 18.9. The van der Waals surface area contributed by atoms with Crippen LogP contribution >= 0.6 is 0 Å². The standard InChI is InChI=1S/C26H31N5O8S/c1-18(2)15-30(40(38,39)21-10-8-20(9-11-21)31(36)37)16-23(32)22(14-19-6-4-3-5-7-19)27-25(34)17-29-13-12-24(33)28-26(29)35/h3-13,18,22-23,32H,14-17H2,1-2H3,(H,27,34)(H,28,33,35)/t22-,23+/m0/s1. The van der Waals surface area contributed by atoms with E-state index in [4.69, 9.17) is 0 Å². The molecular weight excluding hydrogens is 542 g/mol. The maximum absolute atomic E-state index is 13.5. The van der Waals surface area contributed by atoms with Crippen LogP contribution in [-0.4, -0.2) is 63.4 Å². The Bertz CT molecular complexity index is 1540. The molecule has 3 rings (SSSR count). The summed E-state index contributed by atoms with van der Waals surface area (Å²) < 4.78 is 29.0. The summed E-state index contributed by atoms with van der Waals surface area (Å²) in [6.07, 6.45) is -0.0469. The molecular formula is C26H31N5O8S. The van der Waals surface area contributed by atoms with Gasteiger partial charge in [0.1, 0.15) is 6.54 Å². The lowest BCUT2D eigenvalue weighted by molar-refractivity contribution is -0.384. The van der Waals surface area contributed by atoms with Gasteiger partial charge in [-0.25, -0.2) is 13.2 Å². The number of benzene rings is 2. The van der Waals surface area contributed by atoms with E-state index in [0.29, 0.717) is 0 Å². The molecule has 2 aromatic carbocycles. The highest BCUT2D eigenvalue weighted by atomic mass is 32.2. The van der Waals surface area contributed by atoms with E-state index in [1.165, 1.54) is 6.20 Å². The van der Waals surface area contributed by atoms with Gasteiger partial charge in [0.05, 0.1) is 22.0 Å². The summed E-state index contributed by atoms with van der Waals surface area (Å²) in [6.45, 7) is 2.82. The molecule has 40 heavy (non-hydrogen) atoms. The van der Waals surface area contributed by atoms with Gasteiger partial charge in [-0.15, -0.1) is 0 Å². The Balaban J connectivity index is 1.87. The number of hydrogen-bond donors (Lipinski definition) is 3. The quantitative estimate of drug-likeness (QED) is 0.199. The van der Waals surface area contributed by atoms with Crippen molar-refractivity contribution in [1.82, 2.24) is 19.2 Å². The lowest BCUT2D eigenvalue weighted by Crippen LogP contribution is -2.52. The van der Waals surface area contributed by atoms with Gasteiger partial charge in [-0.2, -0.15) is 4.31 Å². The predicted octanol–water partition coefficient (Wildman–Crippen LogP) is 0.880. The molecule has 0 unspecified atom stereocenters. The van der Waals surface area contributed by atoms with Crippen molar-refractivity contribution in [3.05, 3.63) is 103 Å². The number of rotatable bonds is 13. The largest absolute Gasteiger partial charge is 0.390 e. The van der Waals surface area contributed by atoms with E-state index >= 15 is 0 Å². The Morgan fingerprint density at radius 2 is 1.73 bits per heavy atom. The van der Waals surface area contributed by atoms with Crippen molar-refractivity contribution in [1.29, 1.82) is 0 Å². The van der Waals surface area contributed by atoms with Crippen LogP contribution in [0.4, 0.5) is 5.69 Å². The van der Waals surface area contributed by atoms with Crippen LogP contribution in [0, 0.1) is 16.0 Å². The highest BCUT2D eigenvalue weighted by Gasteiger charge is 2.31. The van der Waals surface area contributed by atoms with E-state index in [1.54, 1.807) is 44.2 Å².